The van der Waals surface area contributed by atoms with E-state index in [0.29, 0.717) is 12.3 Å². The summed E-state index contributed by atoms with van der Waals surface area (Å²) in [5.74, 6) is 0.777. The second kappa shape index (κ2) is 8.10. The summed E-state index contributed by atoms with van der Waals surface area (Å²) < 4.78 is 0. The molecule has 0 saturated heterocycles. The number of nitrogens with zero attached hydrogens (tertiary/aromatic N) is 1. The molecule has 0 spiro atoms. The van der Waals surface area contributed by atoms with Crippen molar-refractivity contribution in [2.45, 2.75) is 19.6 Å². The first-order valence-corrected chi connectivity index (χ1v) is 7.67. The number of aromatic nitrogens is 1. The average molecular weight is 287 g/mol. The van der Waals surface area contributed by atoms with Gasteiger partial charge in [-0.2, -0.15) is 0 Å². The van der Waals surface area contributed by atoms with Crippen molar-refractivity contribution in [3.63, 3.8) is 0 Å². The van der Waals surface area contributed by atoms with Crippen molar-refractivity contribution in [1.29, 1.82) is 0 Å². The molecule has 0 aromatic carbocycles. The first-order valence-electron chi connectivity index (χ1n) is 5.64. The molecule has 5 nitrogen and oxygen atoms in total. The normalized spacial score (nSPS) is 10.1. The molecule has 18 heavy (non-hydrogen) atoms. The molecular weight excluding hydrogens is 270 g/mol. The minimum Gasteiger partial charge on any atom is -0.355 e. The molecule has 1 aromatic rings. The Balaban J connectivity index is 2.12. The summed E-state index contributed by atoms with van der Waals surface area (Å²) in [5, 5.41) is 8.21. The van der Waals surface area contributed by atoms with Crippen LogP contribution in [0.3, 0.4) is 0 Å². The lowest BCUT2D eigenvalue weighted by Crippen LogP contribution is -2.37. The summed E-state index contributed by atoms with van der Waals surface area (Å²) >= 11 is 3.10. The van der Waals surface area contributed by atoms with Gasteiger partial charge in [0.1, 0.15) is 0 Å². The van der Waals surface area contributed by atoms with Crippen molar-refractivity contribution in [3.05, 3.63) is 16.1 Å². The molecule has 0 radical (unpaired) electrons. The quantitative estimate of drug-likeness (QED) is 0.783. The SMILES string of the molecule is CCNC(=O)CNC(=O)CSCc1csc(C)n1. The number of aryl methyl sites for hydroxylation is 1. The third-order valence-corrected chi connectivity index (χ3v) is 3.76. The highest BCUT2D eigenvalue weighted by Crippen LogP contribution is 2.14. The molecule has 1 heterocycles. The number of carbonyl (C=O) groups is 2. The number of likely N-dealkylation sites (N-methyl/N-ethyl adjacent to an activating group) is 1. The van der Waals surface area contributed by atoms with E-state index in [-0.39, 0.29) is 18.4 Å². The van der Waals surface area contributed by atoms with E-state index >= 15 is 0 Å². The fourth-order valence-corrected chi connectivity index (χ4v) is 2.68. The highest BCUT2D eigenvalue weighted by Gasteiger charge is 2.05. The molecule has 2 amide bonds. The summed E-state index contributed by atoms with van der Waals surface area (Å²) in [4.78, 5) is 26.8. The van der Waals surface area contributed by atoms with Crippen LogP contribution in [0.1, 0.15) is 17.6 Å². The number of thiazole rings is 1. The third-order valence-electron chi connectivity index (χ3n) is 1.97. The van der Waals surface area contributed by atoms with Gasteiger partial charge < -0.3 is 10.6 Å². The first kappa shape index (κ1) is 15.0. The molecule has 1 rings (SSSR count). The van der Waals surface area contributed by atoms with Crippen LogP contribution in [0.2, 0.25) is 0 Å². The fourth-order valence-electron chi connectivity index (χ4n) is 1.21. The van der Waals surface area contributed by atoms with Crippen LogP contribution in [-0.4, -0.2) is 35.6 Å². The fraction of sp³-hybridized carbons (Fsp3) is 0.545. The number of hydrogen-bond donors (Lipinski definition) is 2. The number of rotatable bonds is 7. The van der Waals surface area contributed by atoms with Gasteiger partial charge in [-0.15, -0.1) is 23.1 Å². The van der Waals surface area contributed by atoms with Gasteiger partial charge in [0, 0.05) is 17.7 Å². The van der Waals surface area contributed by atoms with Gasteiger partial charge >= 0.3 is 0 Å². The summed E-state index contributed by atoms with van der Waals surface area (Å²) in [5.41, 5.74) is 0.999. The molecule has 0 unspecified atom stereocenters. The second-order valence-electron chi connectivity index (χ2n) is 3.58. The van der Waals surface area contributed by atoms with E-state index in [9.17, 15) is 9.59 Å². The Labute approximate surface area is 115 Å². The van der Waals surface area contributed by atoms with Crippen molar-refractivity contribution < 1.29 is 9.59 Å². The highest BCUT2D eigenvalue weighted by molar-refractivity contribution is 7.99. The monoisotopic (exact) mass is 287 g/mol. The van der Waals surface area contributed by atoms with Gasteiger partial charge in [-0.1, -0.05) is 0 Å². The Hall–Kier alpha value is -1.08. The van der Waals surface area contributed by atoms with E-state index in [1.807, 2.05) is 19.2 Å². The van der Waals surface area contributed by atoms with Crippen molar-refractivity contribution in [2.75, 3.05) is 18.8 Å². The van der Waals surface area contributed by atoms with Crippen LogP contribution in [0.25, 0.3) is 0 Å². The lowest BCUT2D eigenvalue weighted by Gasteiger charge is -2.04. The predicted octanol–water partition coefficient (Wildman–Crippen LogP) is 0.937. The van der Waals surface area contributed by atoms with E-state index in [2.05, 4.69) is 15.6 Å². The van der Waals surface area contributed by atoms with Crippen LogP contribution >= 0.6 is 23.1 Å². The molecule has 0 aliphatic rings. The summed E-state index contributed by atoms with van der Waals surface area (Å²) in [7, 11) is 0. The van der Waals surface area contributed by atoms with Gasteiger partial charge in [0.25, 0.3) is 0 Å². The maximum absolute atomic E-state index is 11.4. The van der Waals surface area contributed by atoms with Gasteiger partial charge in [-0.25, -0.2) is 4.98 Å². The summed E-state index contributed by atoms with van der Waals surface area (Å²) in [6, 6.07) is 0. The summed E-state index contributed by atoms with van der Waals surface area (Å²) in [6.45, 7) is 4.42. The molecule has 0 aliphatic heterocycles. The molecule has 0 bridgehead atoms. The number of hydrogen-bond acceptors (Lipinski definition) is 5. The average Bonchev–Trinajstić information content (AvgIpc) is 2.73. The van der Waals surface area contributed by atoms with Gasteiger partial charge in [-0.3, -0.25) is 9.59 Å². The van der Waals surface area contributed by atoms with Crippen LogP contribution in [0.15, 0.2) is 5.38 Å². The standard InChI is InChI=1S/C11H17N3O2S2/c1-3-12-10(15)4-13-11(16)7-17-5-9-6-18-8(2)14-9/h6H,3-5,7H2,1-2H3,(H,12,15)(H,13,16). The van der Waals surface area contributed by atoms with Crippen molar-refractivity contribution in [3.8, 4) is 0 Å². The predicted molar refractivity (Wildman–Crippen MR) is 74.7 cm³/mol. The zero-order valence-corrected chi connectivity index (χ0v) is 12.1. The molecule has 100 valence electrons. The number of thioether (sulfide) groups is 1. The van der Waals surface area contributed by atoms with Crippen LogP contribution in [0.4, 0.5) is 0 Å². The first-order chi connectivity index (χ1) is 8.61. The Morgan fingerprint density at radius 3 is 2.78 bits per heavy atom. The molecule has 2 N–H and O–H groups in total. The van der Waals surface area contributed by atoms with Crippen LogP contribution in [0, 0.1) is 6.92 Å². The topological polar surface area (TPSA) is 71.1 Å². The van der Waals surface area contributed by atoms with E-state index in [1.54, 1.807) is 11.3 Å². The number of nitrogens with one attached hydrogen (secondary N) is 2. The molecule has 0 saturated carbocycles. The van der Waals surface area contributed by atoms with E-state index in [0.717, 1.165) is 16.5 Å². The molecule has 1 aromatic heterocycles. The lowest BCUT2D eigenvalue weighted by atomic mass is 10.5. The molecule has 7 heteroatoms. The Kier molecular flexibility index (Phi) is 6.74. The Bertz CT molecular complexity index is 407. The minimum atomic E-state index is -0.161. The number of amides is 2. The van der Waals surface area contributed by atoms with E-state index < -0.39 is 0 Å². The van der Waals surface area contributed by atoms with Crippen molar-refractivity contribution >= 4 is 34.9 Å². The van der Waals surface area contributed by atoms with Crippen LogP contribution in [-0.2, 0) is 15.3 Å². The maximum Gasteiger partial charge on any atom is 0.239 e. The minimum absolute atomic E-state index is 0.0447. The van der Waals surface area contributed by atoms with Crippen LogP contribution in [0.5, 0.6) is 0 Å². The zero-order valence-electron chi connectivity index (χ0n) is 10.5. The van der Waals surface area contributed by atoms with Crippen molar-refractivity contribution in [1.82, 2.24) is 15.6 Å². The van der Waals surface area contributed by atoms with Gasteiger partial charge in [-0.05, 0) is 13.8 Å². The zero-order chi connectivity index (χ0) is 13.4. The van der Waals surface area contributed by atoms with Gasteiger partial charge in [0.15, 0.2) is 0 Å². The molecule has 0 fully saturated rings. The van der Waals surface area contributed by atoms with E-state index in [4.69, 9.17) is 0 Å². The lowest BCUT2D eigenvalue weighted by molar-refractivity contribution is -0.124. The Morgan fingerprint density at radius 1 is 1.39 bits per heavy atom. The highest BCUT2D eigenvalue weighted by atomic mass is 32.2. The van der Waals surface area contributed by atoms with Crippen molar-refractivity contribution in [2.24, 2.45) is 0 Å². The largest absolute Gasteiger partial charge is 0.355 e. The maximum atomic E-state index is 11.4. The third kappa shape index (κ3) is 6.02. The van der Waals surface area contributed by atoms with E-state index in [1.165, 1.54) is 11.8 Å². The summed E-state index contributed by atoms with van der Waals surface area (Å²) in [6.07, 6.45) is 0. The molecule has 0 aliphatic carbocycles. The van der Waals surface area contributed by atoms with Crippen LogP contribution < -0.4 is 10.6 Å². The smallest absolute Gasteiger partial charge is 0.239 e. The van der Waals surface area contributed by atoms with Gasteiger partial charge in [0.2, 0.25) is 11.8 Å². The Morgan fingerprint density at radius 2 is 2.17 bits per heavy atom. The number of carbonyl (C=O) groups excluding carboxylic acids is 2. The molecular formula is C11H17N3O2S2. The second-order valence-corrected chi connectivity index (χ2v) is 5.63. The van der Waals surface area contributed by atoms with Gasteiger partial charge in [0.05, 0.1) is 23.0 Å². The molecule has 0 atom stereocenters.